The van der Waals surface area contributed by atoms with Crippen LogP contribution in [0.4, 0.5) is 0 Å². The van der Waals surface area contributed by atoms with Crippen LogP contribution in [-0.2, 0) is 20.6 Å². The maximum absolute atomic E-state index is 12.3. The Morgan fingerprint density at radius 2 is 2.00 bits per heavy atom. The zero-order chi connectivity index (χ0) is 19.0. The fraction of sp³-hybridized carbons (Fsp3) is 0.200. The van der Waals surface area contributed by atoms with Crippen LogP contribution in [0.15, 0.2) is 48.9 Å². The maximum atomic E-state index is 12.3. The summed E-state index contributed by atoms with van der Waals surface area (Å²) in [6.07, 6.45) is 5.58. The summed E-state index contributed by atoms with van der Waals surface area (Å²) in [6.45, 7) is 2.19. The van der Waals surface area contributed by atoms with Crippen LogP contribution >= 0.6 is 0 Å². The summed E-state index contributed by atoms with van der Waals surface area (Å²) < 4.78 is 3.68. The van der Waals surface area contributed by atoms with E-state index in [0.29, 0.717) is 18.1 Å². The average Bonchev–Trinajstić information content (AvgIpc) is 3.24. The number of fused-ring (bicyclic) bond motifs is 1. The predicted molar refractivity (Wildman–Crippen MR) is 103 cm³/mol. The van der Waals surface area contributed by atoms with Gasteiger partial charge in [-0.05, 0) is 19.1 Å². The molecule has 7 heteroatoms. The standard InChI is InChI=1S/C20H20N6O/c1-13-21-10-14(11-22-20(27)17-8-9-26(3)24-17)19(23-13)16-12-25(2)18-7-5-4-6-15(16)18/h4-10,12H,11H2,1-3H3,(H,22,27). The van der Waals surface area contributed by atoms with Crippen molar-refractivity contribution in [2.75, 3.05) is 0 Å². The maximum Gasteiger partial charge on any atom is 0.272 e. The van der Waals surface area contributed by atoms with Gasteiger partial charge >= 0.3 is 0 Å². The van der Waals surface area contributed by atoms with Crippen molar-refractivity contribution in [3.05, 3.63) is 66.0 Å². The highest BCUT2D eigenvalue weighted by Crippen LogP contribution is 2.30. The topological polar surface area (TPSA) is 77.6 Å². The molecule has 0 aliphatic carbocycles. The second-order valence-corrected chi connectivity index (χ2v) is 6.52. The highest BCUT2D eigenvalue weighted by Gasteiger charge is 2.16. The molecule has 0 fully saturated rings. The molecule has 0 saturated carbocycles. The Bertz CT molecular complexity index is 1140. The molecule has 0 aliphatic heterocycles. The number of amides is 1. The predicted octanol–water partition coefficient (Wildman–Crippen LogP) is 2.61. The van der Waals surface area contributed by atoms with E-state index in [2.05, 4.69) is 43.3 Å². The van der Waals surface area contributed by atoms with E-state index in [1.807, 2.05) is 26.1 Å². The third kappa shape index (κ3) is 3.19. The van der Waals surface area contributed by atoms with Crippen LogP contribution in [0.2, 0.25) is 0 Å². The molecule has 1 amide bonds. The van der Waals surface area contributed by atoms with Crippen molar-refractivity contribution >= 4 is 16.8 Å². The van der Waals surface area contributed by atoms with E-state index in [-0.39, 0.29) is 5.91 Å². The van der Waals surface area contributed by atoms with Crippen LogP contribution in [0.25, 0.3) is 22.2 Å². The smallest absolute Gasteiger partial charge is 0.272 e. The SMILES string of the molecule is Cc1ncc(CNC(=O)c2ccn(C)n2)c(-c2cn(C)c3ccccc23)n1. The molecule has 4 rings (SSSR count). The van der Waals surface area contributed by atoms with E-state index in [9.17, 15) is 4.79 Å². The minimum absolute atomic E-state index is 0.222. The number of carbonyl (C=O) groups is 1. The molecule has 0 spiro atoms. The third-order valence-corrected chi connectivity index (χ3v) is 4.52. The molecular weight excluding hydrogens is 340 g/mol. The molecule has 0 unspecified atom stereocenters. The van der Waals surface area contributed by atoms with Crippen molar-refractivity contribution in [3.8, 4) is 11.3 Å². The van der Waals surface area contributed by atoms with Crippen LogP contribution < -0.4 is 5.32 Å². The summed E-state index contributed by atoms with van der Waals surface area (Å²) in [4.78, 5) is 21.3. The molecule has 136 valence electrons. The molecule has 1 N–H and O–H groups in total. The number of aromatic nitrogens is 5. The molecule has 27 heavy (non-hydrogen) atoms. The monoisotopic (exact) mass is 360 g/mol. The Morgan fingerprint density at radius 1 is 1.19 bits per heavy atom. The van der Waals surface area contributed by atoms with Crippen LogP contribution in [0.1, 0.15) is 21.9 Å². The molecule has 4 aromatic rings. The summed E-state index contributed by atoms with van der Waals surface area (Å²) in [7, 11) is 3.80. The van der Waals surface area contributed by atoms with Crippen LogP contribution in [-0.4, -0.2) is 30.2 Å². The number of aryl methyl sites for hydroxylation is 3. The zero-order valence-corrected chi connectivity index (χ0v) is 15.5. The molecule has 0 radical (unpaired) electrons. The minimum Gasteiger partial charge on any atom is -0.350 e. The molecule has 0 saturated heterocycles. The lowest BCUT2D eigenvalue weighted by molar-refractivity contribution is 0.0945. The first kappa shape index (κ1) is 17.0. The van der Waals surface area contributed by atoms with Crippen LogP contribution in [0, 0.1) is 6.92 Å². The van der Waals surface area contributed by atoms with Crippen molar-refractivity contribution in [1.29, 1.82) is 0 Å². The lowest BCUT2D eigenvalue weighted by atomic mass is 10.1. The summed E-state index contributed by atoms with van der Waals surface area (Å²) in [6, 6.07) is 9.88. The van der Waals surface area contributed by atoms with E-state index in [0.717, 1.165) is 27.7 Å². The van der Waals surface area contributed by atoms with Gasteiger partial charge in [-0.1, -0.05) is 18.2 Å². The summed E-state index contributed by atoms with van der Waals surface area (Å²) >= 11 is 0. The number of carbonyl (C=O) groups excluding carboxylic acids is 1. The molecule has 3 aromatic heterocycles. The minimum atomic E-state index is -0.222. The largest absolute Gasteiger partial charge is 0.350 e. The first-order chi connectivity index (χ1) is 13.0. The van der Waals surface area contributed by atoms with Gasteiger partial charge in [0.1, 0.15) is 11.5 Å². The van der Waals surface area contributed by atoms with Crippen molar-refractivity contribution < 1.29 is 4.79 Å². The van der Waals surface area contributed by atoms with Crippen molar-refractivity contribution in [1.82, 2.24) is 29.6 Å². The number of nitrogens with one attached hydrogen (secondary N) is 1. The molecule has 7 nitrogen and oxygen atoms in total. The fourth-order valence-electron chi connectivity index (χ4n) is 3.19. The first-order valence-corrected chi connectivity index (χ1v) is 8.67. The average molecular weight is 360 g/mol. The zero-order valence-electron chi connectivity index (χ0n) is 15.5. The van der Waals surface area contributed by atoms with E-state index in [1.54, 1.807) is 30.2 Å². The van der Waals surface area contributed by atoms with Gasteiger partial charge in [-0.25, -0.2) is 9.97 Å². The number of para-hydroxylation sites is 1. The van der Waals surface area contributed by atoms with Crippen LogP contribution in [0.3, 0.4) is 0 Å². The lowest BCUT2D eigenvalue weighted by Crippen LogP contribution is -2.24. The Hall–Kier alpha value is -3.48. The molecule has 0 atom stereocenters. The van der Waals surface area contributed by atoms with E-state index < -0.39 is 0 Å². The van der Waals surface area contributed by atoms with Gasteiger partial charge in [-0.15, -0.1) is 0 Å². The van der Waals surface area contributed by atoms with Gasteiger partial charge in [-0.2, -0.15) is 5.10 Å². The molecule has 1 aromatic carbocycles. The lowest BCUT2D eigenvalue weighted by Gasteiger charge is -2.09. The number of hydrogen-bond acceptors (Lipinski definition) is 4. The second-order valence-electron chi connectivity index (χ2n) is 6.52. The van der Waals surface area contributed by atoms with Crippen molar-refractivity contribution in [3.63, 3.8) is 0 Å². The van der Waals surface area contributed by atoms with Gasteiger partial charge in [0.25, 0.3) is 5.91 Å². The summed E-state index contributed by atoms with van der Waals surface area (Å²) in [5.74, 6) is 0.470. The van der Waals surface area contributed by atoms with Gasteiger partial charge < -0.3 is 9.88 Å². The third-order valence-electron chi connectivity index (χ3n) is 4.52. The van der Waals surface area contributed by atoms with Gasteiger partial charge in [-0.3, -0.25) is 9.48 Å². The normalized spacial score (nSPS) is 11.1. The molecule has 3 heterocycles. The Balaban J connectivity index is 1.69. The van der Waals surface area contributed by atoms with Gasteiger partial charge in [0, 0.05) is 61.3 Å². The number of nitrogens with zero attached hydrogens (tertiary/aromatic N) is 5. The summed E-state index contributed by atoms with van der Waals surface area (Å²) in [5.41, 5.74) is 4.24. The number of rotatable bonds is 4. The second kappa shape index (κ2) is 6.68. The van der Waals surface area contributed by atoms with Gasteiger partial charge in [0.05, 0.1) is 5.69 Å². The van der Waals surface area contributed by atoms with Gasteiger partial charge in [0.15, 0.2) is 0 Å². The van der Waals surface area contributed by atoms with E-state index in [4.69, 9.17) is 0 Å². The number of hydrogen-bond donors (Lipinski definition) is 1. The Morgan fingerprint density at radius 3 is 2.78 bits per heavy atom. The fourth-order valence-corrected chi connectivity index (χ4v) is 3.19. The van der Waals surface area contributed by atoms with Gasteiger partial charge in [0.2, 0.25) is 0 Å². The highest BCUT2D eigenvalue weighted by molar-refractivity contribution is 5.96. The molecule has 0 aliphatic rings. The van der Waals surface area contributed by atoms with Crippen molar-refractivity contribution in [2.24, 2.45) is 14.1 Å². The Kier molecular flexibility index (Phi) is 4.19. The quantitative estimate of drug-likeness (QED) is 0.607. The van der Waals surface area contributed by atoms with Crippen molar-refractivity contribution in [2.45, 2.75) is 13.5 Å². The molecular formula is C20H20N6O. The molecule has 0 bridgehead atoms. The number of benzene rings is 1. The van der Waals surface area contributed by atoms with E-state index in [1.165, 1.54) is 0 Å². The Labute approximate surface area is 156 Å². The highest BCUT2D eigenvalue weighted by atomic mass is 16.1. The first-order valence-electron chi connectivity index (χ1n) is 8.67. The summed E-state index contributed by atoms with van der Waals surface area (Å²) in [5, 5.41) is 8.16. The van der Waals surface area contributed by atoms with E-state index >= 15 is 0 Å². The van der Waals surface area contributed by atoms with Crippen LogP contribution in [0.5, 0.6) is 0 Å².